The molecule has 1 fully saturated rings. The summed E-state index contributed by atoms with van der Waals surface area (Å²) in [5.74, 6) is 0.790. The molecular formula is C17H31N5O2. The Morgan fingerprint density at radius 1 is 1.46 bits per heavy atom. The quantitative estimate of drug-likeness (QED) is 0.778. The summed E-state index contributed by atoms with van der Waals surface area (Å²) in [6.45, 7) is 11.3. The Morgan fingerprint density at radius 2 is 2.25 bits per heavy atom. The fourth-order valence-electron chi connectivity index (χ4n) is 3.20. The van der Waals surface area contributed by atoms with E-state index in [9.17, 15) is 4.79 Å². The standard InChI is InChI=1S/C17H31N5O2/c1-5-15-12-20(8-9-21(15)10-11-24-4)13-17(23)19-16-6-7-18-22(16)14(2)3/h6-7,14-15H,5,8-13H2,1-4H3,(H,19,23)/t15-/m1/s1. The smallest absolute Gasteiger partial charge is 0.239 e. The Bertz CT molecular complexity index is 517. The average molecular weight is 337 g/mol. The van der Waals surface area contributed by atoms with Crippen molar-refractivity contribution >= 4 is 11.7 Å². The Kier molecular flexibility index (Phi) is 7.20. The molecule has 1 aliphatic heterocycles. The van der Waals surface area contributed by atoms with Crippen LogP contribution in [0, 0.1) is 0 Å². The monoisotopic (exact) mass is 337 g/mol. The first-order valence-electron chi connectivity index (χ1n) is 8.83. The van der Waals surface area contributed by atoms with E-state index in [1.807, 2.05) is 24.6 Å². The van der Waals surface area contributed by atoms with Gasteiger partial charge in [-0.05, 0) is 20.3 Å². The van der Waals surface area contributed by atoms with Gasteiger partial charge in [0.1, 0.15) is 5.82 Å². The number of anilines is 1. The number of methoxy groups -OCH3 is 1. The van der Waals surface area contributed by atoms with E-state index in [0.29, 0.717) is 12.6 Å². The lowest BCUT2D eigenvalue weighted by molar-refractivity contribution is -0.118. The molecule has 0 unspecified atom stereocenters. The van der Waals surface area contributed by atoms with E-state index in [1.54, 1.807) is 13.3 Å². The predicted molar refractivity (Wildman–Crippen MR) is 95.2 cm³/mol. The van der Waals surface area contributed by atoms with Crippen molar-refractivity contribution in [3.05, 3.63) is 12.3 Å². The van der Waals surface area contributed by atoms with Crippen molar-refractivity contribution < 1.29 is 9.53 Å². The van der Waals surface area contributed by atoms with Crippen LogP contribution in [0.25, 0.3) is 0 Å². The van der Waals surface area contributed by atoms with Crippen LogP contribution in [0.4, 0.5) is 5.82 Å². The van der Waals surface area contributed by atoms with E-state index in [2.05, 4.69) is 27.1 Å². The number of aromatic nitrogens is 2. The summed E-state index contributed by atoms with van der Waals surface area (Å²) >= 11 is 0. The molecular weight excluding hydrogens is 306 g/mol. The number of rotatable bonds is 8. The number of nitrogens with one attached hydrogen (secondary N) is 1. The van der Waals surface area contributed by atoms with E-state index in [-0.39, 0.29) is 11.9 Å². The second-order valence-electron chi connectivity index (χ2n) is 6.63. The molecule has 0 radical (unpaired) electrons. The largest absolute Gasteiger partial charge is 0.383 e. The van der Waals surface area contributed by atoms with Crippen LogP contribution in [0.5, 0.6) is 0 Å². The molecule has 24 heavy (non-hydrogen) atoms. The Morgan fingerprint density at radius 3 is 2.92 bits per heavy atom. The number of nitrogens with zero attached hydrogens (tertiary/aromatic N) is 4. The lowest BCUT2D eigenvalue weighted by Gasteiger charge is -2.40. The average Bonchev–Trinajstić information content (AvgIpc) is 3.01. The van der Waals surface area contributed by atoms with Crippen molar-refractivity contribution in [3.63, 3.8) is 0 Å². The molecule has 1 amide bonds. The summed E-state index contributed by atoms with van der Waals surface area (Å²) in [6.07, 6.45) is 2.80. The highest BCUT2D eigenvalue weighted by molar-refractivity contribution is 5.91. The maximum Gasteiger partial charge on any atom is 0.239 e. The van der Waals surface area contributed by atoms with E-state index in [0.717, 1.165) is 45.0 Å². The molecule has 0 spiro atoms. The summed E-state index contributed by atoms with van der Waals surface area (Å²) < 4.78 is 7.02. The maximum atomic E-state index is 12.4. The number of hydrogen-bond donors (Lipinski definition) is 1. The normalized spacial score (nSPS) is 19.8. The van der Waals surface area contributed by atoms with Gasteiger partial charge in [0.05, 0.1) is 19.3 Å². The highest BCUT2D eigenvalue weighted by atomic mass is 16.5. The number of amides is 1. The van der Waals surface area contributed by atoms with Gasteiger partial charge in [-0.2, -0.15) is 5.10 Å². The van der Waals surface area contributed by atoms with E-state index in [4.69, 9.17) is 4.74 Å². The molecule has 7 heteroatoms. The highest BCUT2D eigenvalue weighted by Gasteiger charge is 2.26. The first kappa shape index (κ1) is 18.9. The molecule has 1 saturated heterocycles. The SMILES string of the molecule is CC[C@@H]1CN(CC(=O)Nc2ccnn2C(C)C)CCN1CCOC. The minimum atomic E-state index is 0.0256. The third kappa shape index (κ3) is 5.03. The third-order valence-electron chi connectivity index (χ3n) is 4.54. The van der Waals surface area contributed by atoms with Gasteiger partial charge in [-0.15, -0.1) is 0 Å². The molecule has 136 valence electrons. The molecule has 1 N–H and O–H groups in total. The van der Waals surface area contributed by atoms with Gasteiger partial charge < -0.3 is 10.1 Å². The lowest BCUT2D eigenvalue weighted by Crippen LogP contribution is -2.54. The van der Waals surface area contributed by atoms with Crippen molar-refractivity contribution in [3.8, 4) is 0 Å². The number of carbonyl (C=O) groups is 1. The highest BCUT2D eigenvalue weighted by Crippen LogP contribution is 2.15. The van der Waals surface area contributed by atoms with Gasteiger partial charge in [-0.25, -0.2) is 4.68 Å². The number of carbonyl (C=O) groups excluding carboxylic acids is 1. The zero-order valence-corrected chi connectivity index (χ0v) is 15.4. The van der Waals surface area contributed by atoms with Crippen LogP contribution in [0.15, 0.2) is 12.3 Å². The lowest BCUT2D eigenvalue weighted by atomic mass is 10.1. The van der Waals surface area contributed by atoms with Crippen LogP contribution in [0.3, 0.4) is 0 Å². The van der Waals surface area contributed by atoms with Crippen LogP contribution in [-0.4, -0.2) is 78.0 Å². The van der Waals surface area contributed by atoms with Crippen molar-refractivity contribution in [1.29, 1.82) is 0 Å². The van der Waals surface area contributed by atoms with Crippen LogP contribution in [0.2, 0.25) is 0 Å². The second-order valence-corrected chi connectivity index (χ2v) is 6.63. The fourth-order valence-corrected chi connectivity index (χ4v) is 3.20. The Hall–Kier alpha value is -1.44. The third-order valence-corrected chi connectivity index (χ3v) is 4.54. The summed E-state index contributed by atoms with van der Waals surface area (Å²) in [7, 11) is 1.74. The number of piperazine rings is 1. The van der Waals surface area contributed by atoms with Crippen molar-refractivity contribution in [1.82, 2.24) is 19.6 Å². The number of hydrogen-bond acceptors (Lipinski definition) is 5. The molecule has 0 saturated carbocycles. The minimum absolute atomic E-state index is 0.0256. The van der Waals surface area contributed by atoms with E-state index < -0.39 is 0 Å². The van der Waals surface area contributed by atoms with Crippen LogP contribution in [0.1, 0.15) is 33.2 Å². The van der Waals surface area contributed by atoms with Gasteiger partial charge >= 0.3 is 0 Å². The predicted octanol–water partition coefficient (Wildman–Crippen LogP) is 1.45. The number of ether oxygens (including phenoxy) is 1. The molecule has 0 aliphatic carbocycles. The van der Waals surface area contributed by atoms with Gasteiger partial charge in [-0.1, -0.05) is 6.92 Å². The molecule has 2 heterocycles. The summed E-state index contributed by atoms with van der Waals surface area (Å²) in [5.41, 5.74) is 0. The molecule has 7 nitrogen and oxygen atoms in total. The first-order chi connectivity index (χ1) is 11.5. The molecule has 0 aromatic carbocycles. The fraction of sp³-hybridized carbons (Fsp3) is 0.765. The minimum Gasteiger partial charge on any atom is -0.383 e. The van der Waals surface area contributed by atoms with Crippen LogP contribution >= 0.6 is 0 Å². The Balaban J connectivity index is 1.85. The van der Waals surface area contributed by atoms with Gasteiger partial charge in [0.2, 0.25) is 5.91 Å². The van der Waals surface area contributed by atoms with Crippen LogP contribution in [-0.2, 0) is 9.53 Å². The van der Waals surface area contributed by atoms with Crippen LogP contribution < -0.4 is 5.32 Å². The molecule has 0 bridgehead atoms. The maximum absolute atomic E-state index is 12.4. The molecule has 1 aromatic rings. The molecule has 1 atom stereocenters. The van der Waals surface area contributed by atoms with Gasteiger partial charge in [-0.3, -0.25) is 14.6 Å². The van der Waals surface area contributed by atoms with Gasteiger partial charge in [0.25, 0.3) is 0 Å². The van der Waals surface area contributed by atoms with E-state index >= 15 is 0 Å². The topological polar surface area (TPSA) is 62.6 Å². The summed E-state index contributed by atoms with van der Waals surface area (Å²) in [5, 5.41) is 7.23. The van der Waals surface area contributed by atoms with Gasteiger partial charge in [0, 0.05) is 51.4 Å². The molecule has 1 aliphatic rings. The Labute approximate surface area is 144 Å². The summed E-state index contributed by atoms with van der Waals surface area (Å²) in [4.78, 5) is 17.1. The molecule has 2 rings (SSSR count). The van der Waals surface area contributed by atoms with Gasteiger partial charge in [0.15, 0.2) is 0 Å². The first-order valence-corrected chi connectivity index (χ1v) is 8.83. The van der Waals surface area contributed by atoms with Crippen molar-refractivity contribution in [2.75, 3.05) is 51.8 Å². The molecule has 1 aromatic heterocycles. The van der Waals surface area contributed by atoms with Crippen molar-refractivity contribution in [2.24, 2.45) is 0 Å². The van der Waals surface area contributed by atoms with Crippen molar-refractivity contribution in [2.45, 2.75) is 39.3 Å². The zero-order chi connectivity index (χ0) is 17.5. The summed E-state index contributed by atoms with van der Waals surface area (Å²) in [6, 6.07) is 2.56. The zero-order valence-electron chi connectivity index (χ0n) is 15.4. The van der Waals surface area contributed by atoms with E-state index in [1.165, 1.54) is 0 Å². The second kappa shape index (κ2) is 9.15.